The van der Waals surface area contributed by atoms with Crippen molar-refractivity contribution in [1.29, 1.82) is 0 Å². The fourth-order valence-electron chi connectivity index (χ4n) is 2.97. The van der Waals surface area contributed by atoms with Crippen LogP contribution in [-0.2, 0) is 11.4 Å². The molecule has 1 aliphatic heterocycles. The number of aliphatic imine (C=N–C) groups is 1. The number of amides is 1. The summed E-state index contributed by atoms with van der Waals surface area (Å²) < 4.78 is 6.61. The predicted molar refractivity (Wildman–Crippen MR) is 135 cm³/mol. The van der Waals surface area contributed by atoms with E-state index in [0.29, 0.717) is 31.8 Å². The van der Waals surface area contributed by atoms with Crippen LogP contribution in [0.3, 0.4) is 0 Å². The van der Waals surface area contributed by atoms with Crippen LogP contribution in [0, 0.1) is 0 Å². The molecule has 0 aliphatic carbocycles. The van der Waals surface area contributed by atoms with Gasteiger partial charge in [-0.2, -0.15) is 0 Å². The number of hydrogen-bond acceptors (Lipinski definition) is 4. The van der Waals surface area contributed by atoms with Gasteiger partial charge in [0.25, 0.3) is 5.91 Å². The standard InChI is InChI=1S/C23H23BrCl2N2O2S/c1-13(2)27-23-28(14(3)4)22(29)20(31-23)11-15-9-17(24)21(19(26)10-15)30-12-16-7-5-6-8-18(16)25/h5-11,13-14H,12H2,1-4H3/b20-11+,27-23?. The molecule has 1 fully saturated rings. The van der Waals surface area contributed by atoms with E-state index in [-0.39, 0.29) is 18.0 Å². The largest absolute Gasteiger partial charge is 0.486 e. The van der Waals surface area contributed by atoms with Gasteiger partial charge in [-0.3, -0.25) is 14.7 Å². The zero-order chi connectivity index (χ0) is 22.7. The molecule has 164 valence electrons. The summed E-state index contributed by atoms with van der Waals surface area (Å²) in [5.74, 6) is 0.477. The lowest BCUT2D eigenvalue weighted by Crippen LogP contribution is -2.35. The van der Waals surface area contributed by atoms with Crippen molar-refractivity contribution in [2.24, 2.45) is 4.99 Å². The summed E-state index contributed by atoms with van der Waals surface area (Å²) in [6.07, 6.45) is 1.83. The van der Waals surface area contributed by atoms with Gasteiger partial charge < -0.3 is 4.74 Å². The number of amidine groups is 1. The van der Waals surface area contributed by atoms with Crippen LogP contribution in [0.5, 0.6) is 5.75 Å². The first kappa shape index (κ1) is 24.2. The summed E-state index contributed by atoms with van der Waals surface area (Å²) in [6.45, 7) is 8.25. The number of benzene rings is 2. The fourth-order valence-corrected chi connectivity index (χ4v) is 5.38. The molecule has 0 spiro atoms. The van der Waals surface area contributed by atoms with Crippen molar-refractivity contribution >= 4 is 68.0 Å². The predicted octanol–water partition coefficient (Wildman–Crippen LogP) is 7.42. The third kappa shape index (κ3) is 5.86. The van der Waals surface area contributed by atoms with Crippen molar-refractivity contribution in [2.75, 3.05) is 0 Å². The molecule has 0 atom stereocenters. The Hall–Kier alpha value is -1.47. The lowest BCUT2D eigenvalue weighted by molar-refractivity contribution is -0.123. The van der Waals surface area contributed by atoms with Crippen molar-refractivity contribution in [3.63, 3.8) is 0 Å². The van der Waals surface area contributed by atoms with Gasteiger partial charge in [0, 0.05) is 22.7 Å². The summed E-state index contributed by atoms with van der Waals surface area (Å²) in [5, 5.41) is 1.81. The molecule has 1 aliphatic rings. The van der Waals surface area contributed by atoms with Crippen LogP contribution >= 0.6 is 50.9 Å². The molecule has 4 nitrogen and oxygen atoms in total. The van der Waals surface area contributed by atoms with Gasteiger partial charge in [0.1, 0.15) is 6.61 Å². The Labute approximate surface area is 205 Å². The monoisotopic (exact) mass is 540 g/mol. The minimum absolute atomic E-state index is 0.0271. The molecule has 31 heavy (non-hydrogen) atoms. The highest BCUT2D eigenvalue weighted by atomic mass is 79.9. The molecule has 2 aromatic carbocycles. The molecule has 1 amide bonds. The van der Waals surface area contributed by atoms with Gasteiger partial charge in [-0.15, -0.1) is 0 Å². The summed E-state index contributed by atoms with van der Waals surface area (Å²) in [6, 6.07) is 11.3. The zero-order valence-corrected chi connectivity index (χ0v) is 21.6. The highest BCUT2D eigenvalue weighted by Crippen LogP contribution is 2.38. The average molecular weight is 542 g/mol. The summed E-state index contributed by atoms with van der Waals surface area (Å²) >= 11 is 17.6. The lowest BCUT2D eigenvalue weighted by atomic mass is 10.2. The molecule has 0 bridgehead atoms. The third-order valence-electron chi connectivity index (χ3n) is 4.37. The summed E-state index contributed by atoms with van der Waals surface area (Å²) in [5.41, 5.74) is 1.67. The molecular weight excluding hydrogens is 519 g/mol. The van der Waals surface area contributed by atoms with Crippen LogP contribution in [-0.4, -0.2) is 28.1 Å². The molecular formula is C23H23BrCl2N2O2S. The van der Waals surface area contributed by atoms with Gasteiger partial charge in [-0.05, 0) is 85.2 Å². The number of carbonyl (C=O) groups excluding carboxylic acids is 1. The van der Waals surface area contributed by atoms with Crippen LogP contribution in [0.2, 0.25) is 10.0 Å². The van der Waals surface area contributed by atoms with Crippen molar-refractivity contribution in [3.8, 4) is 5.75 Å². The van der Waals surface area contributed by atoms with Gasteiger partial charge in [0.15, 0.2) is 10.9 Å². The van der Waals surface area contributed by atoms with Crippen LogP contribution in [0.4, 0.5) is 0 Å². The Balaban J connectivity index is 1.85. The number of carbonyl (C=O) groups is 1. The number of hydrogen-bond donors (Lipinski definition) is 0. The number of halogens is 3. The smallest absolute Gasteiger partial charge is 0.266 e. The molecule has 3 rings (SSSR count). The minimum Gasteiger partial charge on any atom is -0.486 e. The highest BCUT2D eigenvalue weighted by Gasteiger charge is 2.35. The molecule has 0 aromatic heterocycles. The normalized spacial score (nSPS) is 16.9. The topological polar surface area (TPSA) is 41.9 Å². The van der Waals surface area contributed by atoms with E-state index < -0.39 is 0 Å². The van der Waals surface area contributed by atoms with Crippen molar-refractivity contribution in [3.05, 3.63) is 66.9 Å². The molecule has 1 saturated heterocycles. The molecule has 0 radical (unpaired) electrons. The van der Waals surface area contributed by atoms with Crippen LogP contribution < -0.4 is 4.74 Å². The number of rotatable bonds is 6. The Morgan fingerprint density at radius 2 is 1.87 bits per heavy atom. The zero-order valence-electron chi connectivity index (χ0n) is 17.7. The number of thioether (sulfide) groups is 1. The first-order chi connectivity index (χ1) is 14.7. The number of nitrogens with zero attached hydrogens (tertiary/aromatic N) is 2. The minimum atomic E-state index is -0.0503. The maximum atomic E-state index is 12.9. The Bertz CT molecular complexity index is 1030. The second-order valence-corrected chi connectivity index (χ2v) is 10.3. The van der Waals surface area contributed by atoms with Crippen molar-refractivity contribution < 1.29 is 9.53 Å². The lowest BCUT2D eigenvalue weighted by Gasteiger charge is -2.20. The Kier molecular flexibility index (Phi) is 8.14. The second-order valence-electron chi connectivity index (χ2n) is 7.58. The molecule has 2 aromatic rings. The molecule has 0 saturated carbocycles. The van der Waals surface area contributed by atoms with Crippen LogP contribution in [0.15, 0.2) is 50.8 Å². The Morgan fingerprint density at radius 3 is 2.48 bits per heavy atom. The average Bonchev–Trinajstić information content (AvgIpc) is 2.96. The van der Waals surface area contributed by atoms with Crippen molar-refractivity contribution in [1.82, 2.24) is 4.90 Å². The molecule has 0 N–H and O–H groups in total. The molecule has 8 heteroatoms. The van der Waals surface area contributed by atoms with Gasteiger partial charge in [-0.25, -0.2) is 0 Å². The fraction of sp³-hybridized carbons (Fsp3) is 0.304. The van der Waals surface area contributed by atoms with E-state index in [9.17, 15) is 4.79 Å². The second kappa shape index (κ2) is 10.4. The van der Waals surface area contributed by atoms with E-state index in [4.69, 9.17) is 27.9 Å². The Morgan fingerprint density at radius 1 is 1.16 bits per heavy atom. The molecule has 1 heterocycles. The van der Waals surface area contributed by atoms with E-state index in [1.54, 1.807) is 11.0 Å². The highest BCUT2D eigenvalue weighted by molar-refractivity contribution is 9.10. The number of ether oxygens (including phenoxy) is 1. The van der Waals surface area contributed by atoms with Gasteiger partial charge in [0.2, 0.25) is 0 Å². The maximum absolute atomic E-state index is 12.9. The van der Waals surface area contributed by atoms with E-state index in [2.05, 4.69) is 20.9 Å². The maximum Gasteiger partial charge on any atom is 0.266 e. The van der Waals surface area contributed by atoms with Gasteiger partial charge in [0.05, 0.1) is 14.4 Å². The van der Waals surface area contributed by atoms with E-state index >= 15 is 0 Å². The van der Waals surface area contributed by atoms with E-state index in [1.165, 1.54) is 11.8 Å². The van der Waals surface area contributed by atoms with E-state index in [0.717, 1.165) is 16.3 Å². The van der Waals surface area contributed by atoms with Crippen molar-refractivity contribution in [2.45, 2.75) is 46.4 Å². The first-order valence-electron chi connectivity index (χ1n) is 9.83. The first-order valence-corrected chi connectivity index (χ1v) is 12.2. The third-order valence-corrected chi connectivity index (χ3v) is 6.61. The quantitative estimate of drug-likeness (QED) is 0.357. The summed E-state index contributed by atoms with van der Waals surface area (Å²) in [4.78, 5) is 19.9. The summed E-state index contributed by atoms with van der Waals surface area (Å²) in [7, 11) is 0. The molecule has 0 unspecified atom stereocenters. The SMILES string of the molecule is CC(C)N=C1S/C(=C/c2cc(Cl)c(OCc3ccccc3Cl)c(Br)c2)C(=O)N1C(C)C. The van der Waals surface area contributed by atoms with Gasteiger partial charge >= 0.3 is 0 Å². The van der Waals surface area contributed by atoms with Crippen LogP contribution in [0.1, 0.15) is 38.8 Å². The van der Waals surface area contributed by atoms with E-state index in [1.807, 2.05) is 64.1 Å². The van der Waals surface area contributed by atoms with Crippen LogP contribution in [0.25, 0.3) is 6.08 Å². The van der Waals surface area contributed by atoms with Gasteiger partial charge in [-0.1, -0.05) is 41.4 Å².